The largest absolute Gasteiger partial charge is 0.367 e. The lowest BCUT2D eigenvalue weighted by Crippen LogP contribution is -2.49. The molecular formula is C15H21N3O2. The van der Waals surface area contributed by atoms with Crippen molar-refractivity contribution in [1.29, 1.82) is 0 Å². The van der Waals surface area contributed by atoms with Gasteiger partial charge in [-0.05, 0) is 38.8 Å². The van der Waals surface area contributed by atoms with E-state index in [0.29, 0.717) is 6.04 Å². The van der Waals surface area contributed by atoms with E-state index in [4.69, 9.17) is 0 Å². The minimum atomic E-state index is -0.197. The van der Waals surface area contributed by atoms with Gasteiger partial charge in [-0.25, -0.2) is 0 Å². The zero-order valence-electron chi connectivity index (χ0n) is 11.7. The second-order valence-corrected chi connectivity index (χ2v) is 5.71. The Morgan fingerprint density at radius 3 is 2.75 bits per heavy atom. The third-order valence-corrected chi connectivity index (χ3v) is 4.40. The smallest absolute Gasteiger partial charge is 0.259 e. The summed E-state index contributed by atoms with van der Waals surface area (Å²) >= 11 is 0. The predicted molar refractivity (Wildman–Crippen MR) is 76.8 cm³/mol. The number of aromatic amines is 1. The first kappa shape index (κ1) is 13.4. The standard InChI is InChI=1S/C15H21N3O2/c19-14-5-6-16-10-13(14)15(20)18-9-3-4-12(11-18)17-7-1-2-8-17/h5-6,10,12H,1-4,7-9,11H2,(H,16,19). The molecule has 1 aromatic heterocycles. The molecule has 3 heterocycles. The van der Waals surface area contributed by atoms with Crippen molar-refractivity contribution in [3.8, 4) is 0 Å². The first-order valence-corrected chi connectivity index (χ1v) is 7.46. The number of rotatable bonds is 2. The monoisotopic (exact) mass is 275 g/mol. The van der Waals surface area contributed by atoms with E-state index in [1.807, 2.05) is 4.90 Å². The average molecular weight is 275 g/mol. The van der Waals surface area contributed by atoms with E-state index in [1.165, 1.54) is 25.1 Å². The molecule has 2 aliphatic rings. The summed E-state index contributed by atoms with van der Waals surface area (Å²) in [5, 5.41) is 0. The molecule has 1 atom stereocenters. The van der Waals surface area contributed by atoms with Gasteiger partial charge in [0.2, 0.25) is 0 Å². The quantitative estimate of drug-likeness (QED) is 0.878. The molecule has 0 aromatic carbocycles. The van der Waals surface area contributed by atoms with Crippen LogP contribution in [0, 0.1) is 0 Å². The Balaban J connectivity index is 1.72. The third kappa shape index (κ3) is 2.63. The van der Waals surface area contributed by atoms with Crippen LogP contribution >= 0.6 is 0 Å². The fourth-order valence-electron chi connectivity index (χ4n) is 3.30. The van der Waals surface area contributed by atoms with Crippen LogP contribution in [0.5, 0.6) is 0 Å². The number of carbonyl (C=O) groups is 1. The summed E-state index contributed by atoms with van der Waals surface area (Å²) in [4.78, 5) is 31.4. The second-order valence-electron chi connectivity index (χ2n) is 5.71. The zero-order chi connectivity index (χ0) is 13.9. The highest BCUT2D eigenvalue weighted by Crippen LogP contribution is 2.21. The van der Waals surface area contributed by atoms with Crippen molar-refractivity contribution in [3.63, 3.8) is 0 Å². The van der Waals surface area contributed by atoms with Crippen LogP contribution in [0.1, 0.15) is 36.0 Å². The van der Waals surface area contributed by atoms with Crippen LogP contribution in [0.15, 0.2) is 23.3 Å². The Bertz CT molecular complexity index is 534. The van der Waals surface area contributed by atoms with Crippen molar-refractivity contribution in [3.05, 3.63) is 34.2 Å². The van der Waals surface area contributed by atoms with E-state index in [1.54, 1.807) is 6.20 Å². The molecule has 0 spiro atoms. The molecule has 5 heteroatoms. The van der Waals surface area contributed by atoms with Gasteiger partial charge in [0.05, 0.1) is 0 Å². The summed E-state index contributed by atoms with van der Waals surface area (Å²) in [6.07, 6.45) is 7.80. The van der Waals surface area contributed by atoms with Gasteiger partial charge in [-0.15, -0.1) is 0 Å². The molecule has 5 nitrogen and oxygen atoms in total. The highest BCUT2D eigenvalue weighted by atomic mass is 16.2. The molecule has 0 saturated carbocycles. The van der Waals surface area contributed by atoms with E-state index in [9.17, 15) is 9.59 Å². The van der Waals surface area contributed by atoms with Gasteiger partial charge in [-0.1, -0.05) is 0 Å². The SMILES string of the molecule is O=C(c1c[nH]ccc1=O)N1CCCC(N2CCCC2)C1. The molecule has 2 aliphatic heterocycles. The number of nitrogens with one attached hydrogen (secondary N) is 1. The number of likely N-dealkylation sites (tertiary alicyclic amines) is 2. The number of amides is 1. The third-order valence-electron chi connectivity index (χ3n) is 4.40. The lowest BCUT2D eigenvalue weighted by atomic mass is 10.0. The van der Waals surface area contributed by atoms with Gasteiger partial charge >= 0.3 is 0 Å². The maximum absolute atomic E-state index is 12.5. The number of pyridine rings is 1. The lowest BCUT2D eigenvalue weighted by molar-refractivity contribution is 0.0606. The molecular weight excluding hydrogens is 254 g/mol. The maximum atomic E-state index is 12.5. The van der Waals surface area contributed by atoms with Gasteiger partial charge in [0, 0.05) is 37.6 Å². The van der Waals surface area contributed by atoms with Gasteiger partial charge in [0.15, 0.2) is 5.43 Å². The number of carbonyl (C=O) groups excluding carboxylic acids is 1. The van der Waals surface area contributed by atoms with Crippen LogP contribution in [0.25, 0.3) is 0 Å². The topological polar surface area (TPSA) is 56.4 Å². The number of piperidine rings is 1. The highest BCUT2D eigenvalue weighted by Gasteiger charge is 2.30. The van der Waals surface area contributed by atoms with E-state index >= 15 is 0 Å². The normalized spacial score (nSPS) is 24.0. The molecule has 2 fully saturated rings. The van der Waals surface area contributed by atoms with Gasteiger partial charge < -0.3 is 9.88 Å². The summed E-state index contributed by atoms with van der Waals surface area (Å²) in [7, 11) is 0. The predicted octanol–water partition coefficient (Wildman–Crippen LogP) is 1.08. The van der Waals surface area contributed by atoms with Crippen molar-refractivity contribution in [2.24, 2.45) is 0 Å². The van der Waals surface area contributed by atoms with Crippen LogP contribution in [0.4, 0.5) is 0 Å². The molecule has 0 radical (unpaired) electrons. The Morgan fingerprint density at radius 2 is 2.00 bits per heavy atom. The molecule has 1 N–H and O–H groups in total. The molecule has 108 valence electrons. The van der Waals surface area contributed by atoms with E-state index in [2.05, 4.69) is 9.88 Å². The second kappa shape index (κ2) is 5.79. The van der Waals surface area contributed by atoms with Crippen LogP contribution in [-0.4, -0.2) is 52.9 Å². The van der Waals surface area contributed by atoms with Crippen LogP contribution in [0.3, 0.4) is 0 Å². The summed E-state index contributed by atoms with van der Waals surface area (Å²) in [6.45, 7) is 3.82. The van der Waals surface area contributed by atoms with E-state index < -0.39 is 0 Å². The Labute approximate surface area is 118 Å². The van der Waals surface area contributed by atoms with Gasteiger partial charge in [0.1, 0.15) is 5.56 Å². The molecule has 1 unspecified atom stereocenters. The molecule has 1 aromatic rings. The van der Waals surface area contributed by atoms with Crippen LogP contribution in [0.2, 0.25) is 0 Å². The number of hydrogen-bond donors (Lipinski definition) is 1. The number of nitrogens with zero attached hydrogens (tertiary/aromatic N) is 2. The van der Waals surface area contributed by atoms with Gasteiger partial charge in [0.25, 0.3) is 5.91 Å². The molecule has 20 heavy (non-hydrogen) atoms. The fraction of sp³-hybridized carbons (Fsp3) is 0.600. The van der Waals surface area contributed by atoms with E-state index in [0.717, 1.165) is 39.0 Å². The number of aromatic nitrogens is 1. The van der Waals surface area contributed by atoms with Crippen molar-refractivity contribution in [1.82, 2.24) is 14.8 Å². The van der Waals surface area contributed by atoms with Crippen molar-refractivity contribution in [2.75, 3.05) is 26.2 Å². The van der Waals surface area contributed by atoms with Gasteiger partial charge in [-0.2, -0.15) is 0 Å². The molecule has 0 bridgehead atoms. The Kier molecular flexibility index (Phi) is 3.87. The van der Waals surface area contributed by atoms with Crippen molar-refractivity contribution >= 4 is 5.91 Å². The highest BCUT2D eigenvalue weighted by molar-refractivity contribution is 5.93. The zero-order valence-corrected chi connectivity index (χ0v) is 11.7. The number of H-pyrrole nitrogens is 1. The maximum Gasteiger partial charge on any atom is 0.259 e. The first-order chi connectivity index (χ1) is 9.75. The fourth-order valence-corrected chi connectivity index (χ4v) is 3.30. The van der Waals surface area contributed by atoms with E-state index in [-0.39, 0.29) is 16.9 Å². The average Bonchev–Trinajstić information content (AvgIpc) is 3.01. The minimum absolute atomic E-state index is 0.129. The van der Waals surface area contributed by atoms with Crippen LogP contribution < -0.4 is 5.43 Å². The first-order valence-electron chi connectivity index (χ1n) is 7.46. The molecule has 0 aliphatic carbocycles. The Morgan fingerprint density at radius 1 is 1.20 bits per heavy atom. The van der Waals surface area contributed by atoms with Crippen molar-refractivity contribution < 1.29 is 4.79 Å². The summed E-state index contributed by atoms with van der Waals surface area (Å²) in [5.41, 5.74) is 0.0617. The molecule has 2 saturated heterocycles. The van der Waals surface area contributed by atoms with Crippen LogP contribution in [-0.2, 0) is 0 Å². The lowest BCUT2D eigenvalue weighted by Gasteiger charge is -2.37. The number of hydrogen-bond acceptors (Lipinski definition) is 3. The summed E-state index contributed by atoms with van der Waals surface area (Å²) in [6, 6.07) is 1.88. The summed E-state index contributed by atoms with van der Waals surface area (Å²) < 4.78 is 0. The van der Waals surface area contributed by atoms with Gasteiger partial charge in [-0.3, -0.25) is 14.5 Å². The summed E-state index contributed by atoms with van der Waals surface area (Å²) in [5.74, 6) is -0.129. The molecule has 1 amide bonds. The minimum Gasteiger partial charge on any atom is -0.367 e. The molecule has 3 rings (SSSR count). The Hall–Kier alpha value is -1.62. The van der Waals surface area contributed by atoms with Crippen molar-refractivity contribution in [2.45, 2.75) is 31.7 Å².